The topological polar surface area (TPSA) is 64.4 Å². The minimum atomic E-state index is -3.51. The van der Waals surface area contributed by atoms with Gasteiger partial charge >= 0.3 is 0 Å². The lowest BCUT2D eigenvalue weighted by atomic mass is 10.3. The number of aryl methyl sites for hydroxylation is 1. The van der Waals surface area contributed by atoms with E-state index in [2.05, 4.69) is 5.10 Å². The first-order chi connectivity index (χ1) is 7.10. The summed E-state index contributed by atoms with van der Waals surface area (Å²) in [4.78, 5) is 5.29. The Morgan fingerprint density at radius 1 is 1.47 bits per heavy atom. The summed E-state index contributed by atoms with van der Waals surface area (Å²) in [6, 6.07) is 0. The molecule has 7 heteroatoms. The van der Waals surface area contributed by atoms with Crippen molar-refractivity contribution in [2.45, 2.75) is 17.7 Å². The first-order valence-electron chi connectivity index (χ1n) is 4.75. The van der Waals surface area contributed by atoms with Crippen molar-refractivity contribution in [2.75, 3.05) is 13.2 Å². The average Bonchev–Trinajstić information content (AvgIpc) is 2.67. The van der Waals surface area contributed by atoms with E-state index in [-0.39, 0.29) is 4.90 Å². The molecule has 0 amide bonds. The fourth-order valence-electron chi connectivity index (χ4n) is 1.41. The maximum Gasteiger partial charge on any atom is 0.268 e. The van der Waals surface area contributed by atoms with E-state index >= 15 is 0 Å². The fraction of sp³-hybridized carbons (Fsp3) is 0.625. The van der Waals surface area contributed by atoms with Crippen LogP contribution in [0.2, 0.25) is 0 Å². The summed E-state index contributed by atoms with van der Waals surface area (Å²) in [5, 5.41) is 3.83. The van der Waals surface area contributed by atoms with Gasteiger partial charge in [-0.15, -0.1) is 0 Å². The van der Waals surface area contributed by atoms with E-state index in [9.17, 15) is 8.42 Å². The van der Waals surface area contributed by atoms with Crippen LogP contribution < -0.4 is 0 Å². The third-order valence-electron chi connectivity index (χ3n) is 2.22. The summed E-state index contributed by atoms with van der Waals surface area (Å²) >= 11 is 0. The van der Waals surface area contributed by atoms with E-state index in [1.807, 2.05) is 0 Å². The summed E-state index contributed by atoms with van der Waals surface area (Å²) in [5.74, 6) is 0. The summed E-state index contributed by atoms with van der Waals surface area (Å²) in [6.07, 6.45) is 4.53. The van der Waals surface area contributed by atoms with Crippen LogP contribution in [0.4, 0.5) is 0 Å². The number of nitrogens with zero attached hydrogens (tertiary/aromatic N) is 3. The van der Waals surface area contributed by atoms with Crippen molar-refractivity contribution in [1.82, 2.24) is 14.2 Å². The van der Waals surface area contributed by atoms with Gasteiger partial charge in [0.15, 0.2) is 0 Å². The first kappa shape index (κ1) is 10.6. The second-order valence-corrected chi connectivity index (χ2v) is 5.25. The van der Waals surface area contributed by atoms with Crippen LogP contribution in [0.15, 0.2) is 17.3 Å². The highest BCUT2D eigenvalue weighted by Gasteiger charge is 2.28. The van der Waals surface area contributed by atoms with Gasteiger partial charge in [-0.05, 0) is 12.8 Å². The zero-order valence-corrected chi connectivity index (χ0v) is 9.27. The van der Waals surface area contributed by atoms with Gasteiger partial charge in [-0.3, -0.25) is 9.52 Å². The molecule has 0 saturated carbocycles. The molecule has 1 aromatic rings. The number of hydrogen-bond acceptors (Lipinski definition) is 4. The molecule has 2 heterocycles. The zero-order valence-electron chi connectivity index (χ0n) is 8.46. The number of hydroxylamine groups is 1. The monoisotopic (exact) mass is 231 g/mol. The van der Waals surface area contributed by atoms with Crippen molar-refractivity contribution >= 4 is 10.0 Å². The lowest BCUT2D eigenvalue weighted by Crippen LogP contribution is -2.35. The van der Waals surface area contributed by atoms with E-state index in [1.54, 1.807) is 7.05 Å². The molecule has 1 fully saturated rings. The molecule has 0 radical (unpaired) electrons. The summed E-state index contributed by atoms with van der Waals surface area (Å²) in [6.45, 7) is 0.872. The summed E-state index contributed by atoms with van der Waals surface area (Å²) in [5.41, 5.74) is 0. The molecule has 1 aliphatic heterocycles. The molecular formula is C8H13N3O3S. The molecule has 0 bridgehead atoms. The van der Waals surface area contributed by atoms with Crippen LogP contribution >= 0.6 is 0 Å². The molecule has 0 unspecified atom stereocenters. The second kappa shape index (κ2) is 3.92. The number of rotatable bonds is 2. The highest BCUT2D eigenvalue weighted by Crippen LogP contribution is 2.18. The van der Waals surface area contributed by atoms with Crippen LogP contribution in [0.5, 0.6) is 0 Å². The maximum absolute atomic E-state index is 11.9. The molecule has 0 aliphatic carbocycles. The highest BCUT2D eigenvalue weighted by molar-refractivity contribution is 7.89. The SMILES string of the molecule is Cn1cc(S(=O)(=O)N2CCCCO2)cn1. The molecule has 0 spiro atoms. The lowest BCUT2D eigenvalue weighted by molar-refractivity contribution is -0.108. The maximum atomic E-state index is 11.9. The van der Waals surface area contributed by atoms with Crippen molar-refractivity contribution in [3.05, 3.63) is 12.4 Å². The smallest absolute Gasteiger partial charge is 0.268 e. The molecule has 2 rings (SSSR count). The van der Waals surface area contributed by atoms with Crippen molar-refractivity contribution in [2.24, 2.45) is 7.05 Å². The first-order valence-corrected chi connectivity index (χ1v) is 6.19. The van der Waals surface area contributed by atoms with Crippen LogP contribution in [0.3, 0.4) is 0 Å². The van der Waals surface area contributed by atoms with Gasteiger partial charge < -0.3 is 0 Å². The predicted octanol–water partition coefficient (Wildman–Crippen LogP) is 0.136. The molecule has 0 aromatic carbocycles. The molecule has 0 N–H and O–H groups in total. The summed E-state index contributed by atoms with van der Waals surface area (Å²) < 4.78 is 26.4. The van der Waals surface area contributed by atoms with Gasteiger partial charge in [0.1, 0.15) is 4.90 Å². The van der Waals surface area contributed by atoms with E-state index in [0.717, 1.165) is 17.3 Å². The predicted molar refractivity (Wildman–Crippen MR) is 52.3 cm³/mol. The Labute approximate surface area is 88.4 Å². The van der Waals surface area contributed by atoms with Crippen LogP contribution in [0.1, 0.15) is 12.8 Å². The Kier molecular flexibility index (Phi) is 2.76. The fourth-order valence-corrected chi connectivity index (χ4v) is 2.70. The molecule has 1 aromatic heterocycles. The van der Waals surface area contributed by atoms with Gasteiger partial charge in [0.25, 0.3) is 10.0 Å². The van der Waals surface area contributed by atoms with Crippen LogP contribution in [0.25, 0.3) is 0 Å². The second-order valence-electron chi connectivity index (χ2n) is 3.42. The van der Waals surface area contributed by atoms with E-state index < -0.39 is 10.0 Å². The van der Waals surface area contributed by atoms with Gasteiger partial charge in [-0.25, -0.2) is 8.42 Å². The van der Waals surface area contributed by atoms with Gasteiger partial charge in [-0.1, -0.05) is 4.47 Å². The van der Waals surface area contributed by atoms with E-state index in [4.69, 9.17) is 4.84 Å². The Hall–Kier alpha value is -0.920. The highest BCUT2D eigenvalue weighted by atomic mass is 32.2. The largest absolute Gasteiger partial charge is 0.284 e. The van der Waals surface area contributed by atoms with Crippen LogP contribution in [-0.2, 0) is 21.9 Å². The average molecular weight is 231 g/mol. The molecule has 15 heavy (non-hydrogen) atoms. The number of sulfonamides is 1. The van der Waals surface area contributed by atoms with Crippen LogP contribution in [-0.4, -0.2) is 35.8 Å². The van der Waals surface area contributed by atoms with Crippen molar-refractivity contribution in [3.8, 4) is 0 Å². The van der Waals surface area contributed by atoms with Gasteiger partial charge in [0.2, 0.25) is 0 Å². The van der Waals surface area contributed by atoms with Crippen LogP contribution in [0, 0.1) is 0 Å². The molecule has 84 valence electrons. The Bertz CT molecular complexity index is 434. The Morgan fingerprint density at radius 3 is 2.80 bits per heavy atom. The van der Waals surface area contributed by atoms with Gasteiger partial charge in [0.05, 0.1) is 12.8 Å². The Balaban J connectivity index is 2.26. The molecular weight excluding hydrogens is 218 g/mol. The Morgan fingerprint density at radius 2 is 2.27 bits per heavy atom. The minimum absolute atomic E-state index is 0.173. The third-order valence-corrected chi connectivity index (χ3v) is 3.85. The van der Waals surface area contributed by atoms with E-state index in [1.165, 1.54) is 17.1 Å². The van der Waals surface area contributed by atoms with Gasteiger partial charge in [-0.2, -0.15) is 5.10 Å². The molecule has 0 atom stereocenters. The number of aromatic nitrogens is 2. The zero-order chi connectivity index (χ0) is 10.9. The molecule has 1 saturated heterocycles. The molecule has 1 aliphatic rings. The van der Waals surface area contributed by atoms with Crippen molar-refractivity contribution in [3.63, 3.8) is 0 Å². The van der Waals surface area contributed by atoms with Crippen molar-refractivity contribution in [1.29, 1.82) is 0 Å². The minimum Gasteiger partial charge on any atom is -0.284 e. The quantitative estimate of drug-likeness (QED) is 0.726. The normalized spacial score (nSPS) is 19.3. The molecule has 6 nitrogen and oxygen atoms in total. The summed E-state index contributed by atoms with van der Waals surface area (Å²) in [7, 11) is -1.84. The van der Waals surface area contributed by atoms with Gasteiger partial charge in [0, 0.05) is 19.8 Å². The standard InChI is InChI=1S/C8H13N3O3S/c1-10-7-8(6-9-10)15(12,13)11-4-2-3-5-14-11/h6-7H,2-5H2,1H3. The number of hydrogen-bond donors (Lipinski definition) is 0. The third kappa shape index (κ3) is 2.04. The van der Waals surface area contributed by atoms with E-state index in [0.29, 0.717) is 13.2 Å². The lowest BCUT2D eigenvalue weighted by Gasteiger charge is -2.24. The van der Waals surface area contributed by atoms with Crippen molar-refractivity contribution < 1.29 is 13.3 Å².